The summed E-state index contributed by atoms with van der Waals surface area (Å²) < 4.78 is 0. The van der Waals surface area contributed by atoms with Crippen LogP contribution in [0.2, 0.25) is 0 Å². The van der Waals surface area contributed by atoms with Crippen molar-refractivity contribution in [1.29, 1.82) is 0 Å². The monoisotopic (exact) mass is 267 g/mol. The Kier molecular flexibility index (Phi) is 5.64. The molecule has 2 aliphatic rings. The van der Waals surface area contributed by atoms with Crippen LogP contribution in [0.15, 0.2) is 0 Å². The van der Waals surface area contributed by atoms with Crippen LogP contribution >= 0.6 is 0 Å². The summed E-state index contributed by atoms with van der Waals surface area (Å²) in [5.74, 6) is 1.01. The van der Waals surface area contributed by atoms with Crippen molar-refractivity contribution in [3.8, 4) is 0 Å². The summed E-state index contributed by atoms with van der Waals surface area (Å²) in [5, 5.41) is 3.37. The van der Waals surface area contributed by atoms with Crippen molar-refractivity contribution in [3.63, 3.8) is 0 Å². The molecule has 4 heteroatoms. The van der Waals surface area contributed by atoms with Crippen LogP contribution in [0.5, 0.6) is 0 Å². The summed E-state index contributed by atoms with van der Waals surface area (Å²) >= 11 is 0. The third-order valence-electron chi connectivity index (χ3n) is 4.47. The van der Waals surface area contributed by atoms with E-state index in [0.717, 1.165) is 25.6 Å². The van der Waals surface area contributed by atoms with E-state index in [9.17, 15) is 4.79 Å². The van der Waals surface area contributed by atoms with E-state index in [2.05, 4.69) is 24.1 Å². The Hall–Kier alpha value is -0.610. The Morgan fingerprint density at radius 3 is 2.58 bits per heavy atom. The quantitative estimate of drug-likeness (QED) is 0.816. The van der Waals surface area contributed by atoms with Crippen LogP contribution in [0.4, 0.5) is 0 Å². The van der Waals surface area contributed by atoms with E-state index in [-0.39, 0.29) is 0 Å². The second-order valence-corrected chi connectivity index (χ2v) is 6.32. The molecule has 0 aromatic rings. The van der Waals surface area contributed by atoms with E-state index in [1.54, 1.807) is 0 Å². The van der Waals surface area contributed by atoms with Crippen molar-refractivity contribution >= 4 is 5.91 Å². The predicted molar refractivity (Wildman–Crippen MR) is 78.1 cm³/mol. The van der Waals surface area contributed by atoms with E-state index in [4.69, 9.17) is 0 Å². The molecular formula is C15H29N3O. The molecule has 0 spiro atoms. The number of likely N-dealkylation sites (tertiary alicyclic amines) is 2. The molecule has 2 heterocycles. The third kappa shape index (κ3) is 4.46. The molecule has 2 aliphatic heterocycles. The smallest absolute Gasteiger partial charge is 0.236 e. The molecule has 0 aromatic carbocycles. The number of hydrogen-bond acceptors (Lipinski definition) is 3. The molecule has 0 saturated carbocycles. The average Bonchev–Trinajstić information content (AvgIpc) is 2.89. The molecule has 0 bridgehead atoms. The van der Waals surface area contributed by atoms with Crippen LogP contribution in [0.1, 0.15) is 39.5 Å². The first-order valence-corrected chi connectivity index (χ1v) is 7.89. The molecule has 19 heavy (non-hydrogen) atoms. The minimum absolute atomic E-state index is 0.290. The highest BCUT2D eigenvalue weighted by molar-refractivity contribution is 5.78. The van der Waals surface area contributed by atoms with E-state index in [0.29, 0.717) is 18.5 Å². The molecule has 0 radical (unpaired) electrons. The first kappa shape index (κ1) is 14.8. The Bertz CT molecular complexity index is 287. The highest BCUT2D eigenvalue weighted by atomic mass is 16.2. The molecule has 1 N–H and O–H groups in total. The Labute approximate surface area is 117 Å². The van der Waals surface area contributed by atoms with Gasteiger partial charge >= 0.3 is 0 Å². The van der Waals surface area contributed by atoms with Crippen LogP contribution in [-0.4, -0.2) is 61.0 Å². The fourth-order valence-electron chi connectivity index (χ4n) is 3.14. The molecule has 2 saturated heterocycles. The van der Waals surface area contributed by atoms with Crippen LogP contribution in [0.25, 0.3) is 0 Å². The molecule has 0 aliphatic carbocycles. The maximum absolute atomic E-state index is 12.0. The van der Waals surface area contributed by atoms with Gasteiger partial charge in [-0.15, -0.1) is 0 Å². The SMILES string of the molecule is CC(C)N1CCC(CNCC(=O)N2CCCCC2)C1. The summed E-state index contributed by atoms with van der Waals surface area (Å²) in [6.45, 7) is 10.4. The van der Waals surface area contributed by atoms with Gasteiger partial charge in [0.05, 0.1) is 6.54 Å². The van der Waals surface area contributed by atoms with Gasteiger partial charge in [-0.3, -0.25) is 4.79 Å². The maximum Gasteiger partial charge on any atom is 0.236 e. The molecular weight excluding hydrogens is 238 g/mol. The molecule has 2 rings (SSSR count). The minimum Gasteiger partial charge on any atom is -0.342 e. The molecule has 0 aromatic heterocycles. The van der Waals surface area contributed by atoms with Gasteiger partial charge in [0.2, 0.25) is 5.91 Å². The van der Waals surface area contributed by atoms with Crippen molar-refractivity contribution < 1.29 is 4.79 Å². The standard InChI is InChI=1S/C15H29N3O/c1-13(2)18-9-6-14(12-18)10-16-11-15(19)17-7-4-3-5-8-17/h13-14,16H,3-12H2,1-2H3. The Morgan fingerprint density at radius 2 is 1.95 bits per heavy atom. The summed E-state index contributed by atoms with van der Waals surface area (Å²) in [6.07, 6.45) is 4.91. The molecule has 2 fully saturated rings. The number of carbonyl (C=O) groups excluding carboxylic acids is 1. The van der Waals surface area contributed by atoms with Gasteiger partial charge in [-0.1, -0.05) is 0 Å². The number of piperidine rings is 1. The van der Waals surface area contributed by atoms with Gasteiger partial charge in [0.1, 0.15) is 0 Å². The number of nitrogens with zero attached hydrogens (tertiary/aromatic N) is 2. The number of amides is 1. The zero-order valence-corrected chi connectivity index (χ0v) is 12.5. The zero-order chi connectivity index (χ0) is 13.7. The van der Waals surface area contributed by atoms with Crippen LogP contribution in [-0.2, 0) is 4.79 Å². The topological polar surface area (TPSA) is 35.6 Å². The lowest BCUT2D eigenvalue weighted by Gasteiger charge is -2.27. The van der Waals surface area contributed by atoms with Gasteiger partial charge in [0, 0.05) is 25.7 Å². The molecule has 1 atom stereocenters. The third-order valence-corrected chi connectivity index (χ3v) is 4.47. The summed E-state index contributed by atoms with van der Waals surface area (Å²) in [5.41, 5.74) is 0. The Balaban J connectivity index is 1.60. The lowest BCUT2D eigenvalue weighted by molar-refractivity contribution is -0.131. The second-order valence-electron chi connectivity index (χ2n) is 6.32. The van der Waals surface area contributed by atoms with Crippen LogP contribution in [0.3, 0.4) is 0 Å². The highest BCUT2D eigenvalue weighted by Gasteiger charge is 2.24. The Morgan fingerprint density at radius 1 is 1.21 bits per heavy atom. The maximum atomic E-state index is 12.0. The van der Waals surface area contributed by atoms with Gasteiger partial charge in [0.15, 0.2) is 0 Å². The van der Waals surface area contributed by atoms with Gasteiger partial charge < -0.3 is 15.1 Å². The highest BCUT2D eigenvalue weighted by Crippen LogP contribution is 2.17. The lowest BCUT2D eigenvalue weighted by atomic mass is 10.1. The van der Waals surface area contributed by atoms with Gasteiger partial charge in [-0.2, -0.15) is 0 Å². The van der Waals surface area contributed by atoms with Gasteiger partial charge in [-0.25, -0.2) is 0 Å². The van der Waals surface area contributed by atoms with Crippen molar-refractivity contribution in [2.24, 2.45) is 5.92 Å². The fourth-order valence-corrected chi connectivity index (χ4v) is 3.14. The number of nitrogens with one attached hydrogen (secondary N) is 1. The summed E-state index contributed by atoms with van der Waals surface area (Å²) in [7, 11) is 0. The van der Waals surface area contributed by atoms with Gasteiger partial charge in [-0.05, 0) is 58.5 Å². The van der Waals surface area contributed by atoms with Crippen molar-refractivity contribution in [1.82, 2.24) is 15.1 Å². The number of hydrogen-bond donors (Lipinski definition) is 1. The first-order chi connectivity index (χ1) is 9.16. The van der Waals surface area contributed by atoms with Crippen LogP contribution in [0, 0.1) is 5.92 Å². The average molecular weight is 267 g/mol. The zero-order valence-electron chi connectivity index (χ0n) is 12.5. The van der Waals surface area contributed by atoms with Gasteiger partial charge in [0.25, 0.3) is 0 Å². The molecule has 1 amide bonds. The van der Waals surface area contributed by atoms with Crippen molar-refractivity contribution in [3.05, 3.63) is 0 Å². The van der Waals surface area contributed by atoms with E-state index in [1.807, 2.05) is 4.90 Å². The fraction of sp³-hybridized carbons (Fsp3) is 0.933. The van der Waals surface area contributed by atoms with E-state index in [1.165, 1.54) is 38.8 Å². The summed E-state index contributed by atoms with van der Waals surface area (Å²) in [6, 6.07) is 0.653. The molecule has 4 nitrogen and oxygen atoms in total. The van der Waals surface area contributed by atoms with Crippen LogP contribution < -0.4 is 5.32 Å². The molecule has 1 unspecified atom stereocenters. The normalized spacial score (nSPS) is 25.2. The summed E-state index contributed by atoms with van der Waals surface area (Å²) in [4.78, 5) is 16.5. The number of rotatable bonds is 5. The molecule has 110 valence electrons. The predicted octanol–water partition coefficient (Wildman–Crippen LogP) is 1.32. The first-order valence-electron chi connectivity index (χ1n) is 7.89. The van der Waals surface area contributed by atoms with Crippen molar-refractivity contribution in [2.45, 2.75) is 45.6 Å². The minimum atomic E-state index is 0.290. The largest absolute Gasteiger partial charge is 0.342 e. The van der Waals surface area contributed by atoms with E-state index < -0.39 is 0 Å². The second kappa shape index (κ2) is 7.25. The van der Waals surface area contributed by atoms with Crippen molar-refractivity contribution in [2.75, 3.05) is 39.3 Å². The van der Waals surface area contributed by atoms with E-state index >= 15 is 0 Å². The number of carbonyl (C=O) groups is 1. The lowest BCUT2D eigenvalue weighted by Crippen LogP contribution is -2.42.